The Bertz CT molecular complexity index is 784. The molecule has 0 saturated heterocycles. The van der Waals surface area contributed by atoms with Crippen LogP contribution in [0.15, 0.2) is 36.4 Å². The molecule has 0 unspecified atom stereocenters. The van der Waals surface area contributed by atoms with Crippen LogP contribution in [0.3, 0.4) is 0 Å². The highest BCUT2D eigenvalue weighted by atomic mass is 19.1. The standard InChI is InChI=1S/C19H18FNO3/c20-14-6-3-12(4-7-14)15-10-13-5-8-18(22)16(13)11-17(15)21-9-1-2-19(23)24/h3-4,6-7,10-11,21H,1-2,5,8-9H2,(H,23,24). The van der Waals surface area contributed by atoms with Crippen LogP contribution in [-0.2, 0) is 11.2 Å². The summed E-state index contributed by atoms with van der Waals surface area (Å²) in [4.78, 5) is 22.6. The van der Waals surface area contributed by atoms with Crippen LogP contribution in [0.4, 0.5) is 10.1 Å². The van der Waals surface area contributed by atoms with Gasteiger partial charge in [0.05, 0.1) is 0 Å². The van der Waals surface area contributed by atoms with E-state index in [1.165, 1.54) is 12.1 Å². The van der Waals surface area contributed by atoms with Gasteiger partial charge in [0, 0.05) is 36.2 Å². The zero-order chi connectivity index (χ0) is 17.1. The number of halogens is 1. The number of carboxylic acids is 1. The molecule has 5 heteroatoms. The van der Waals surface area contributed by atoms with Crippen molar-refractivity contribution in [1.82, 2.24) is 0 Å². The molecule has 24 heavy (non-hydrogen) atoms. The number of Topliss-reactive ketones (excluding diaryl/α,β-unsaturated/α-hetero) is 1. The summed E-state index contributed by atoms with van der Waals surface area (Å²) in [6.45, 7) is 0.494. The highest BCUT2D eigenvalue weighted by Crippen LogP contribution is 2.35. The number of hydrogen-bond donors (Lipinski definition) is 2. The van der Waals surface area contributed by atoms with Gasteiger partial charge in [-0.25, -0.2) is 4.39 Å². The maximum atomic E-state index is 13.2. The zero-order valence-corrected chi connectivity index (χ0v) is 13.1. The summed E-state index contributed by atoms with van der Waals surface area (Å²) in [5, 5.41) is 11.9. The summed E-state index contributed by atoms with van der Waals surface area (Å²) in [6.07, 6.45) is 1.81. The summed E-state index contributed by atoms with van der Waals surface area (Å²) in [6, 6.07) is 10.0. The molecule has 0 spiro atoms. The van der Waals surface area contributed by atoms with Gasteiger partial charge in [0.1, 0.15) is 5.82 Å². The fourth-order valence-corrected chi connectivity index (χ4v) is 2.97. The summed E-state index contributed by atoms with van der Waals surface area (Å²) in [5.74, 6) is -1.00. The molecule has 0 fully saturated rings. The summed E-state index contributed by atoms with van der Waals surface area (Å²) >= 11 is 0. The van der Waals surface area contributed by atoms with Crippen molar-refractivity contribution in [3.8, 4) is 11.1 Å². The third-order valence-electron chi connectivity index (χ3n) is 4.20. The predicted molar refractivity (Wildman–Crippen MR) is 89.8 cm³/mol. The molecule has 3 rings (SSSR count). The Kier molecular flexibility index (Phi) is 4.60. The minimum Gasteiger partial charge on any atom is -0.481 e. The molecule has 0 amide bonds. The monoisotopic (exact) mass is 327 g/mol. The lowest BCUT2D eigenvalue weighted by molar-refractivity contribution is -0.137. The smallest absolute Gasteiger partial charge is 0.303 e. The van der Waals surface area contributed by atoms with Gasteiger partial charge in [0.2, 0.25) is 0 Å². The van der Waals surface area contributed by atoms with Crippen molar-refractivity contribution >= 4 is 17.4 Å². The number of aryl methyl sites for hydroxylation is 1. The molecule has 0 aliphatic heterocycles. The van der Waals surface area contributed by atoms with E-state index < -0.39 is 5.97 Å². The lowest BCUT2D eigenvalue weighted by Gasteiger charge is -2.14. The molecule has 0 bridgehead atoms. The normalized spacial score (nSPS) is 13.0. The van der Waals surface area contributed by atoms with Crippen molar-refractivity contribution in [2.75, 3.05) is 11.9 Å². The van der Waals surface area contributed by atoms with E-state index in [-0.39, 0.29) is 18.0 Å². The van der Waals surface area contributed by atoms with Crippen LogP contribution in [0.1, 0.15) is 35.2 Å². The summed E-state index contributed by atoms with van der Waals surface area (Å²) < 4.78 is 13.2. The van der Waals surface area contributed by atoms with E-state index in [0.29, 0.717) is 19.4 Å². The van der Waals surface area contributed by atoms with Crippen molar-refractivity contribution in [2.24, 2.45) is 0 Å². The van der Waals surface area contributed by atoms with Crippen LogP contribution < -0.4 is 5.32 Å². The molecule has 0 atom stereocenters. The van der Waals surface area contributed by atoms with E-state index in [1.54, 1.807) is 12.1 Å². The Morgan fingerprint density at radius 3 is 2.58 bits per heavy atom. The van der Waals surface area contributed by atoms with Crippen LogP contribution in [0.25, 0.3) is 11.1 Å². The van der Waals surface area contributed by atoms with Crippen LogP contribution in [0.2, 0.25) is 0 Å². The van der Waals surface area contributed by atoms with E-state index in [0.717, 1.165) is 34.4 Å². The number of hydrogen-bond acceptors (Lipinski definition) is 3. The van der Waals surface area contributed by atoms with Crippen molar-refractivity contribution in [1.29, 1.82) is 0 Å². The van der Waals surface area contributed by atoms with Gasteiger partial charge in [-0.3, -0.25) is 9.59 Å². The first-order valence-electron chi connectivity index (χ1n) is 7.96. The molecule has 0 heterocycles. The van der Waals surface area contributed by atoms with Gasteiger partial charge >= 0.3 is 5.97 Å². The van der Waals surface area contributed by atoms with E-state index in [2.05, 4.69) is 5.32 Å². The Hall–Kier alpha value is -2.69. The molecule has 2 aromatic rings. The Balaban J connectivity index is 1.91. The van der Waals surface area contributed by atoms with Crippen LogP contribution in [0.5, 0.6) is 0 Å². The number of aliphatic carboxylic acids is 1. The number of fused-ring (bicyclic) bond motifs is 1. The van der Waals surface area contributed by atoms with E-state index >= 15 is 0 Å². The number of carboxylic acid groups (broad SMARTS) is 1. The average Bonchev–Trinajstić information content (AvgIpc) is 2.92. The second-order valence-electron chi connectivity index (χ2n) is 5.91. The third kappa shape index (κ3) is 3.45. The molecule has 2 aromatic carbocycles. The largest absolute Gasteiger partial charge is 0.481 e. The Morgan fingerprint density at radius 1 is 1.12 bits per heavy atom. The minimum atomic E-state index is -0.834. The molecule has 2 N–H and O–H groups in total. The molecule has 4 nitrogen and oxygen atoms in total. The number of anilines is 1. The molecule has 124 valence electrons. The van der Waals surface area contributed by atoms with Gasteiger partial charge in [0.25, 0.3) is 0 Å². The van der Waals surface area contributed by atoms with Gasteiger partial charge in [-0.2, -0.15) is 0 Å². The lowest BCUT2D eigenvalue weighted by atomic mass is 9.98. The van der Waals surface area contributed by atoms with Crippen molar-refractivity contribution in [3.05, 3.63) is 53.3 Å². The number of ketones is 1. The number of carbonyl (C=O) groups excluding carboxylic acids is 1. The molecule has 1 aliphatic carbocycles. The maximum absolute atomic E-state index is 13.2. The molecular weight excluding hydrogens is 309 g/mol. The second kappa shape index (κ2) is 6.83. The number of benzene rings is 2. The highest BCUT2D eigenvalue weighted by molar-refractivity contribution is 6.02. The van der Waals surface area contributed by atoms with Crippen molar-refractivity contribution in [3.63, 3.8) is 0 Å². The van der Waals surface area contributed by atoms with Crippen LogP contribution in [0, 0.1) is 5.82 Å². The van der Waals surface area contributed by atoms with Gasteiger partial charge in [-0.1, -0.05) is 12.1 Å². The van der Waals surface area contributed by atoms with E-state index in [9.17, 15) is 14.0 Å². The third-order valence-corrected chi connectivity index (χ3v) is 4.20. The predicted octanol–water partition coefficient (Wildman–Crippen LogP) is 3.90. The molecule has 0 saturated carbocycles. The molecular formula is C19H18FNO3. The SMILES string of the molecule is O=C(O)CCCNc1cc2c(cc1-c1ccc(F)cc1)CCC2=O. The fourth-order valence-electron chi connectivity index (χ4n) is 2.97. The average molecular weight is 327 g/mol. The number of rotatable bonds is 6. The first kappa shape index (κ1) is 16.2. The molecule has 1 aliphatic rings. The van der Waals surface area contributed by atoms with Crippen LogP contribution in [-0.4, -0.2) is 23.4 Å². The molecule has 0 aromatic heterocycles. The Labute approximate surface area is 139 Å². The maximum Gasteiger partial charge on any atom is 0.303 e. The van der Waals surface area contributed by atoms with Gasteiger partial charge < -0.3 is 10.4 Å². The molecule has 0 radical (unpaired) electrons. The highest BCUT2D eigenvalue weighted by Gasteiger charge is 2.22. The van der Waals surface area contributed by atoms with Gasteiger partial charge in [-0.05, 0) is 48.2 Å². The zero-order valence-electron chi connectivity index (χ0n) is 13.1. The lowest BCUT2D eigenvalue weighted by Crippen LogP contribution is -2.07. The first-order valence-corrected chi connectivity index (χ1v) is 7.96. The van der Waals surface area contributed by atoms with Gasteiger partial charge in [-0.15, -0.1) is 0 Å². The van der Waals surface area contributed by atoms with Crippen molar-refractivity contribution < 1.29 is 19.1 Å². The van der Waals surface area contributed by atoms with E-state index in [1.807, 2.05) is 12.1 Å². The summed E-state index contributed by atoms with van der Waals surface area (Å²) in [7, 11) is 0. The summed E-state index contributed by atoms with van der Waals surface area (Å²) in [5.41, 5.74) is 4.27. The number of nitrogens with one attached hydrogen (secondary N) is 1. The van der Waals surface area contributed by atoms with Crippen LogP contribution >= 0.6 is 0 Å². The van der Waals surface area contributed by atoms with Crippen molar-refractivity contribution in [2.45, 2.75) is 25.7 Å². The second-order valence-corrected chi connectivity index (χ2v) is 5.91. The Morgan fingerprint density at radius 2 is 1.88 bits per heavy atom. The fraction of sp³-hybridized carbons (Fsp3) is 0.263. The first-order chi connectivity index (χ1) is 11.5. The quantitative estimate of drug-likeness (QED) is 0.790. The topological polar surface area (TPSA) is 66.4 Å². The van der Waals surface area contributed by atoms with Gasteiger partial charge in [0.15, 0.2) is 5.78 Å². The van der Waals surface area contributed by atoms with E-state index in [4.69, 9.17) is 5.11 Å². The number of carbonyl (C=O) groups is 2. The minimum absolute atomic E-state index is 0.0861.